The molecule has 0 amide bonds. The first-order valence-electron chi connectivity index (χ1n) is 3.26. The van der Waals surface area contributed by atoms with Crippen molar-refractivity contribution in [1.82, 2.24) is 0 Å². The van der Waals surface area contributed by atoms with E-state index in [1.54, 1.807) is 0 Å². The maximum atomic E-state index is 10.5. The van der Waals surface area contributed by atoms with E-state index in [-0.39, 0.29) is 13.0 Å². The maximum Gasteiger partial charge on any atom is 0.325 e. The zero-order valence-electron chi connectivity index (χ0n) is 6.64. The third-order valence-electron chi connectivity index (χ3n) is 1.08. The summed E-state index contributed by atoms with van der Waals surface area (Å²) >= 11 is 0. The maximum absolute atomic E-state index is 10.5. The number of carboxylic acids is 1. The summed E-state index contributed by atoms with van der Waals surface area (Å²) in [5, 5.41) is 8.30. The van der Waals surface area contributed by atoms with Crippen molar-refractivity contribution < 1.29 is 23.9 Å². The molecule has 4 N–H and O–H groups in total. The number of hydrogen-bond acceptors (Lipinski definition) is 4. The van der Waals surface area contributed by atoms with Gasteiger partial charge >= 0.3 is 13.6 Å². The lowest BCUT2D eigenvalue weighted by Crippen LogP contribution is -2.31. The molecule has 12 heavy (non-hydrogen) atoms. The molecule has 6 nitrogen and oxygen atoms in total. The van der Waals surface area contributed by atoms with Crippen molar-refractivity contribution in [3.05, 3.63) is 0 Å². The Morgan fingerprint density at radius 2 is 2.25 bits per heavy atom. The second-order valence-corrected chi connectivity index (χ2v) is 4.23. The van der Waals surface area contributed by atoms with Crippen LogP contribution in [0, 0.1) is 0 Å². The van der Waals surface area contributed by atoms with Crippen LogP contribution in [0.4, 0.5) is 0 Å². The molecule has 0 aromatic carbocycles. The second kappa shape index (κ2) is 4.57. The van der Waals surface area contributed by atoms with Gasteiger partial charge in [0.2, 0.25) is 0 Å². The van der Waals surface area contributed by atoms with E-state index in [2.05, 4.69) is 4.52 Å². The van der Waals surface area contributed by atoms with E-state index >= 15 is 0 Å². The average Bonchev–Trinajstić information content (AvgIpc) is 1.84. The number of carbonyl (C=O) groups is 1. The molecule has 72 valence electrons. The minimum Gasteiger partial charge on any atom is -0.480 e. The summed E-state index contributed by atoms with van der Waals surface area (Å²) in [5.74, 6) is -1.15. The Morgan fingerprint density at radius 3 is 2.58 bits per heavy atom. The van der Waals surface area contributed by atoms with Crippen LogP contribution >= 0.6 is 7.60 Å². The third-order valence-corrected chi connectivity index (χ3v) is 1.74. The quantitative estimate of drug-likeness (QED) is 0.518. The molecular weight excluding hydrogens is 185 g/mol. The van der Waals surface area contributed by atoms with Gasteiger partial charge in [0.15, 0.2) is 0 Å². The van der Waals surface area contributed by atoms with Gasteiger partial charge in [0.05, 0.1) is 6.61 Å². The fourth-order valence-corrected chi connectivity index (χ4v) is 0.917. The fraction of sp³-hybridized carbons (Fsp3) is 0.800. The SMILES string of the molecule is CP(=O)(O)OCCC(N)C(=O)O. The van der Waals surface area contributed by atoms with Gasteiger partial charge in [0.1, 0.15) is 6.04 Å². The van der Waals surface area contributed by atoms with Crippen LogP contribution in [0.2, 0.25) is 0 Å². The number of rotatable bonds is 5. The van der Waals surface area contributed by atoms with Gasteiger partial charge in [-0.1, -0.05) is 0 Å². The van der Waals surface area contributed by atoms with Gasteiger partial charge in [0, 0.05) is 6.66 Å². The summed E-state index contributed by atoms with van der Waals surface area (Å²) in [5.41, 5.74) is 5.09. The molecule has 0 aromatic heterocycles. The highest BCUT2D eigenvalue weighted by Crippen LogP contribution is 2.36. The highest BCUT2D eigenvalue weighted by molar-refractivity contribution is 7.51. The van der Waals surface area contributed by atoms with Crippen molar-refractivity contribution in [2.24, 2.45) is 5.73 Å². The fourth-order valence-electron chi connectivity index (χ4n) is 0.473. The largest absolute Gasteiger partial charge is 0.480 e. The van der Waals surface area contributed by atoms with Crippen LogP contribution in [-0.2, 0) is 13.9 Å². The average molecular weight is 197 g/mol. The van der Waals surface area contributed by atoms with Crippen LogP contribution in [0.1, 0.15) is 6.42 Å². The van der Waals surface area contributed by atoms with Crippen LogP contribution in [0.3, 0.4) is 0 Å². The molecule has 0 aliphatic heterocycles. The standard InChI is InChI=1S/C5H12NO5P/c1-12(9,10)11-3-2-4(6)5(7)8/h4H,2-3,6H2,1H3,(H,7,8)(H,9,10). The van der Waals surface area contributed by atoms with E-state index < -0.39 is 19.6 Å². The molecule has 2 unspecified atom stereocenters. The molecule has 0 saturated carbocycles. The van der Waals surface area contributed by atoms with Crippen molar-refractivity contribution in [2.45, 2.75) is 12.5 Å². The number of carboxylic acid groups (broad SMARTS) is 1. The lowest BCUT2D eigenvalue weighted by atomic mass is 10.2. The Morgan fingerprint density at radius 1 is 1.75 bits per heavy atom. The van der Waals surface area contributed by atoms with E-state index in [0.29, 0.717) is 0 Å². The smallest absolute Gasteiger partial charge is 0.325 e. The molecule has 0 aliphatic carbocycles. The zero-order chi connectivity index (χ0) is 9.78. The Balaban J connectivity index is 3.58. The van der Waals surface area contributed by atoms with Gasteiger partial charge in [-0.05, 0) is 6.42 Å². The normalized spacial score (nSPS) is 18.2. The molecule has 0 bridgehead atoms. The molecule has 0 aliphatic rings. The minimum atomic E-state index is -3.50. The Hall–Kier alpha value is -0.420. The van der Waals surface area contributed by atoms with E-state index in [0.717, 1.165) is 6.66 Å². The van der Waals surface area contributed by atoms with E-state index in [1.165, 1.54) is 0 Å². The topological polar surface area (TPSA) is 110 Å². The first kappa shape index (κ1) is 11.6. The summed E-state index contributed by atoms with van der Waals surface area (Å²) in [6.07, 6.45) is 0.0216. The number of nitrogens with two attached hydrogens (primary N) is 1. The highest BCUT2D eigenvalue weighted by atomic mass is 31.2. The van der Waals surface area contributed by atoms with Crippen LogP contribution in [0.15, 0.2) is 0 Å². The molecule has 2 atom stereocenters. The van der Waals surface area contributed by atoms with Crippen LogP contribution in [0.25, 0.3) is 0 Å². The molecule has 0 saturated heterocycles. The number of hydrogen-bond donors (Lipinski definition) is 3. The van der Waals surface area contributed by atoms with Crippen molar-refractivity contribution >= 4 is 13.6 Å². The summed E-state index contributed by atoms with van der Waals surface area (Å²) < 4.78 is 14.9. The van der Waals surface area contributed by atoms with Crippen LogP contribution in [-0.4, -0.2) is 35.3 Å². The molecule has 0 radical (unpaired) electrons. The van der Waals surface area contributed by atoms with Gasteiger partial charge in [0.25, 0.3) is 0 Å². The predicted octanol–water partition coefficient (Wildman–Crippen LogP) is -0.380. The van der Waals surface area contributed by atoms with Gasteiger partial charge in [-0.15, -0.1) is 0 Å². The molecule has 0 spiro atoms. The summed E-state index contributed by atoms with van der Waals surface area (Å²) in [7, 11) is -3.50. The second-order valence-electron chi connectivity index (χ2n) is 2.37. The van der Waals surface area contributed by atoms with E-state index in [1.807, 2.05) is 0 Å². The lowest BCUT2D eigenvalue weighted by molar-refractivity contribution is -0.138. The first-order valence-corrected chi connectivity index (χ1v) is 5.28. The van der Waals surface area contributed by atoms with E-state index in [9.17, 15) is 9.36 Å². The first-order chi connectivity index (χ1) is 5.33. The minimum absolute atomic E-state index is 0.0216. The molecule has 0 aromatic rings. The molecule has 0 fully saturated rings. The van der Waals surface area contributed by atoms with Gasteiger partial charge in [-0.25, -0.2) is 0 Å². The molecule has 0 heterocycles. The van der Waals surface area contributed by atoms with Gasteiger partial charge in [-0.3, -0.25) is 9.36 Å². The summed E-state index contributed by atoms with van der Waals surface area (Å²) in [6, 6.07) is -1.04. The highest BCUT2D eigenvalue weighted by Gasteiger charge is 2.14. The summed E-state index contributed by atoms with van der Waals surface area (Å²) in [4.78, 5) is 18.8. The molecule has 7 heteroatoms. The van der Waals surface area contributed by atoms with Crippen LogP contribution in [0.5, 0.6) is 0 Å². The Bertz CT molecular complexity index is 200. The third kappa shape index (κ3) is 6.30. The van der Waals surface area contributed by atoms with Crippen LogP contribution < -0.4 is 5.73 Å². The van der Waals surface area contributed by atoms with E-state index in [4.69, 9.17) is 15.7 Å². The van der Waals surface area contributed by atoms with Crippen molar-refractivity contribution in [2.75, 3.05) is 13.3 Å². The van der Waals surface area contributed by atoms with Crippen molar-refractivity contribution in [3.8, 4) is 0 Å². The van der Waals surface area contributed by atoms with Crippen molar-refractivity contribution in [1.29, 1.82) is 0 Å². The van der Waals surface area contributed by atoms with Crippen molar-refractivity contribution in [3.63, 3.8) is 0 Å². The molecular formula is C5H12NO5P. The Labute approximate surface area is 69.9 Å². The Kier molecular flexibility index (Phi) is 4.41. The monoisotopic (exact) mass is 197 g/mol. The predicted molar refractivity (Wildman–Crippen MR) is 41.9 cm³/mol. The van der Waals surface area contributed by atoms with Gasteiger partial charge in [-0.2, -0.15) is 0 Å². The molecule has 0 rings (SSSR count). The lowest BCUT2D eigenvalue weighted by Gasteiger charge is -2.08. The number of aliphatic carboxylic acids is 1. The zero-order valence-corrected chi connectivity index (χ0v) is 7.53. The summed E-state index contributed by atoms with van der Waals surface area (Å²) in [6.45, 7) is 0.900. The van der Waals surface area contributed by atoms with Gasteiger partial charge < -0.3 is 20.3 Å².